The molecule has 7 nitrogen and oxygen atoms in total. The Morgan fingerprint density at radius 3 is 2.40 bits per heavy atom. The zero-order valence-electron chi connectivity index (χ0n) is 22.5. The Labute approximate surface area is 244 Å². The van der Waals surface area contributed by atoms with Gasteiger partial charge < -0.3 is 19.5 Å². The topological polar surface area (TPSA) is 79.3 Å². The average Bonchev–Trinajstić information content (AvgIpc) is 3.66. The van der Waals surface area contributed by atoms with E-state index in [1.165, 1.54) is 12.1 Å². The summed E-state index contributed by atoms with van der Waals surface area (Å²) in [6, 6.07) is 5.27. The van der Waals surface area contributed by atoms with Gasteiger partial charge in [-0.1, -0.05) is 11.6 Å². The number of likely N-dealkylation sites (tertiary alicyclic amines) is 2. The Morgan fingerprint density at radius 2 is 1.76 bits per heavy atom. The van der Waals surface area contributed by atoms with Gasteiger partial charge in [0, 0.05) is 24.1 Å². The molecule has 2 atom stereocenters. The normalized spacial score (nSPS) is 21.9. The van der Waals surface area contributed by atoms with E-state index in [4.69, 9.17) is 16.3 Å². The molecule has 2 saturated heterocycles. The second-order valence-corrected chi connectivity index (χ2v) is 11.6. The molecule has 0 aromatic heterocycles. The summed E-state index contributed by atoms with van der Waals surface area (Å²) in [6.07, 6.45) is -3.43. The minimum absolute atomic E-state index is 0.0979. The van der Waals surface area contributed by atoms with Gasteiger partial charge in [0.15, 0.2) is 0 Å². The maximum absolute atomic E-state index is 15.2. The summed E-state index contributed by atoms with van der Waals surface area (Å²) in [6.45, 7) is 1.66. The number of ether oxygens (including phenoxy) is 2. The molecule has 1 aliphatic carbocycles. The molecule has 13 heteroatoms. The molecule has 2 aliphatic heterocycles. The van der Waals surface area contributed by atoms with Crippen LogP contribution in [0.1, 0.15) is 59.5 Å². The highest BCUT2D eigenvalue weighted by Crippen LogP contribution is 2.45. The first-order valence-corrected chi connectivity index (χ1v) is 14.2. The van der Waals surface area contributed by atoms with Crippen LogP contribution in [0.25, 0.3) is 0 Å². The molecule has 3 fully saturated rings. The number of hydrogen-bond acceptors (Lipinski definition) is 5. The third kappa shape index (κ3) is 7.44. The first kappa shape index (κ1) is 30.3. The van der Waals surface area contributed by atoms with Gasteiger partial charge in [-0.2, -0.15) is 0 Å². The van der Waals surface area contributed by atoms with Crippen molar-refractivity contribution in [2.75, 3.05) is 26.2 Å². The van der Waals surface area contributed by atoms with Gasteiger partial charge in [-0.3, -0.25) is 9.69 Å². The standard InChI is InChI=1S/C29H30ClF5N2O5/c30-19-7-17(8-21(9-19)42-29(33,34)35)13-36-5-3-16(4-6-36)15-41-26-12-24(32)23(11-22(26)18-1-2-18)27(38)37-14-20(31)10-25(37)28(39)40/h7-9,11-12,16,18,20,25H,1-6,10,13-15H2,(H,39,40)/t20-,25+/m1/s1. The fourth-order valence-corrected chi connectivity index (χ4v) is 5.90. The van der Waals surface area contributed by atoms with E-state index < -0.39 is 42.8 Å². The highest BCUT2D eigenvalue weighted by atomic mass is 35.5. The molecule has 0 unspecified atom stereocenters. The first-order valence-electron chi connectivity index (χ1n) is 13.8. The molecule has 1 saturated carbocycles. The number of benzene rings is 2. The molecule has 228 valence electrons. The van der Waals surface area contributed by atoms with Crippen LogP contribution >= 0.6 is 11.6 Å². The number of amides is 1. The summed E-state index contributed by atoms with van der Waals surface area (Å²) in [5.74, 6) is -2.80. The lowest BCUT2D eigenvalue weighted by atomic mass is 9.97. The molecular formula is C29H30ClF5N2O5. The van der Waals surface area contributed by atoms with Gasteiger partial charge in [-0.05, 0) is 86.0 Å². The van der Waals surface area contributed by atoms with Crippen LogP contribution in [0.3, 0.4) is 0 Å². The Morgan fingerprint density at radius 1 is 1.05 bits per heavy atom. The number of aliphatic carboxylic acids is 1. The number of alkyl halides is 4. The molecular weight excluding hydrogens is 587 g/mol. The summed E-state index contributed by atoms with van der Waals surface area (Å²) >= 11 is 5.99. The Bertz CT molecular complexity index is 1330. The van der Waals surface area contributed by atoms with E-state index >= 15 is 4.39 Å². The number of halogens is 6. The van der Waals surface area contributed by atoms with E-state index in [0.717, 1.165) is 42.7 Å². The van der Waals surface area contributed by atoms with Gasteiger partial charge in [0.05, 0.1) is 18.7 Å². The van der Waals surface area contributed by atoms with Gasteiger partial charge in [0.25, 0.3) is 5.91 Å². The average molecular weight is 617 g/mol. The van der Waals surface area contributed by atoms with Crippen molar-refractivity contribution in [1.82, 2.24) is 9.80 Å². The number of hydrogen-bond donors (Lipinski definition) is 1. The van der Waals surface area contributed by atoms with E-state index in [9.17, 15) is 32.3 Å². The zero-order valence-corrected chi connectivity index (χ0v) is 23.3. The maximum atomic E-state index is 15.2. The molecule has 2 aromatic carbocycles. The first-order chi connectivity index (χ1) is 19.9. The smallest absolute Gasteiger partial charge is 0.493 e. The number of rotatable bonds is 9. The highest BCUT2D eigenvalue weighted by molar-refractivity contribution is 6.30. The van der Waals surface area contributed by atoms with Crippen molar-refractivity contribution in [2.24, 2.45) is 5.92 Å². The van der Waals surface area contributed by atoms with Crippen molar-refractivity contribution in [3.63, 3.8) is 0 Å². The molecule has 0 spiro atoms. The molecule has 42 heavy (non-hydrogen) atoms. The van der Waals surface area contributed by atoms with Crippen LogP contribution < -0.4 is 9.47 Å². The largest absolute Gasteiger partial charge is 0.573 e. The Kier molecular flexibility index (Phi) is 8.84. The van der Waals surface area contributed by atoms with E-state index in [-0.39, 0.29) is 34.6 Å². The Hall–Kier alpha value is -3.12. The molecule has 0 radical (unpaired) electrons. The van der Waals surface area contributed by atoms with Crippen LogP contribution in [0, 0.1) is 11.7 Å². The molecule has 2 aromatic rings. The van der Waals surface area contributed by atoms with Gasteiger partial charge in [-0.15, -0.1) is 13.2 Å². The third-order valence-corrected chi connectivity index (χ3v) is 8.11. The number of carboxylic acid groups (broad SMARTS) is 1. The molecule has 0 bridgehead atoms. The summed E-state index contributed by atoms with van der Waals surface area (Å²) in [5.41, 5.74) is 0.988. The number of carbonyl (C=O) groups excluding carboxylic acids is 1. The lowest BCUT2D eigenvalue weighted by Crippen LogP contribution is -2.41. The lowest BCUT2D eigenvalue weighted by Gasteiger charge is -2.32. The monoisotopic (exact) mass is 616 g/mol. The van der Waals surface area contributed by atoms with Gasteiger partial charge in [0.2, 0.25) is 0 Å². The van der Waals surface area contributed by atoms with Crippen molar-refractivity contribution in [2.45, 2.75) is 63.1 Å². The van der Waals surface area contributed by atoms with Gasteiger partial charge in [-0.25, -0.2) is 13.6 Å². The summed E-state index contributed by atoms with van der Waals surface area (Å²) in [7, 11) is 0. The third-order valence-electron chi connectivity index (χ3n) is 7.90. The van der Waals surface area contributed by atoms with E-state index in [0.29, 0.717) is 43.1 Å². The number of piperidine rings is 1. The molecule has 3 aliphatic rings. The summed E-state index contributed by atoms with van der Waals surface area (Å²) in [4.78, 5) is 27.5. The van der Waals surface area contributed by atoms with Crippen LogP contribution in [0.5, 0.6) is 11.5 Å². The van der Waals surface area contributed by atoms with Gasteiger partial charge >= 0.3 is 12.3 Å². The van der Waals surface area contributed by atoms with Crippen LogP contribution in [0.4, 0.5) is 22.0 Å². The molecule has 1 amide bonds. The summed E-state index contributed by atoms with van der Waals surface area (Å²) < 4.78 is 77.0. The highest BCUT2D eigenvalue weighted by Gasteiger charge is 2.41. The minimum atomic E-state index is -4.81. The van der Waals surface area contributed by atoms with Crippen LogP contribution in [0.15, 0.2) is 30.3 Å². The van der Waals surface area contributed by atoms with Crippen molar-refractivity contribution in [3.05, 3.63) is 57.9 Å². The second kappa shape index (κ2) is 12.2. The van der Waals surface area contributed by atoms with E-state index in [2.05, 4.69) is 9.64 Å². The molecule has 1 N–H and O–H groups in total. The molecule has 5 rings (SSSR count). The number of carboxylic acids is 1. The number of nitrogens with zero attached hydrogens (tertiary/aromatic N) is 2. The van der Waals surface area contributed by atoms with E-state index in [1.54, 1.807) is 6.07 Å². The quantitative estimate of drug-likeness (QED) is 0.339. The van der Waals surface area contributed by atoms with Crippen molar-refractivity contribution in [1.29, 1.82) is 0 Å². The molecule has 2 heterocycles. The fourth-order valence-electron chi connectivity index (χ4n) is 5.65. The zero-order chi connectivity index (χ0) is 30.2. The SMILES string of the molecule is O=C(O)[C@@H]1C[C@@H](F)CN1C(=O)c1cc(C2CC2)c(OCC2CCN(Cc3cc(Cl)cc(OC(F)(F)F)c3)CC2)cc1F. The lowest BCUT2D eigenvalue weighted by molar-refractivity contribution is -0.274. The van der Waals surface area contributed by atoms with Crippen LogP contribution in [0.2, 0.25) is 5.02 Å². The van der Waals surface area contributed by atoms with Crippen molar-refractivity contribution < 1.29 is 46.1 Å². The maximum Gasteiger partial charge on any atom is 0.573 e. The fraction of sp³-hybridized carbons (Fsp3) is 0.517. The van der Waals surface area contributed by atoms with Crippen LogP contribution in [-0.4, -0.2) is 71.6 Å². The van der Waals surface area contributed by atoms with Crippen molar-refractivity contribution >= 4 is 23.5 Å². The second-order valence-electron chi connectivity index (χ2n) is 11.2. The predicted octanol–water partition coefficient (Wildman–Crippen LogP) is 6.18. The summed E-state index contributed by atoms with van der Waals surface area (Å²) in [5, 5.41) is 9.53. The van der Waals surface area contributed by atoms with E-state index in [1.807, 2.05) is 0 Å². The van der Waals surface area contributed by atoms with Crippen molar-refractivity contribution in [3.8, 4) is 11.5 Å². The van der Waals surface area contributed by atoms with Gasteiger partial charge in [0.1, 0.15) is 29.5 Å². The minimum Gasteiger partial charge on any atom is -0.493 e. The Balaban J connectivity index is 1.19. The predicted molar refractivity (Wildman–Crippen MR) is 142 cm³/mol. The number of carbonyl (C=O) groups is 2. The van der Waals surface area contributed by atoms with Crippen LogP contribution in [-0.2, 0) is 11.3 Å².